The molecule has 2 aliphatic rings. The van der Waals surface area contributed by atoms with E-state index in [4.69, 9.17) is 10.5 Å². The zero-order valence-corrected chi connectivity index (χ0v) is 20.2. The molecule has 0 radical (unpaired) electrons. The second-order valence-electron chi connectivity index (χ2n) is 9.56. The summed E-state index contributed by atoms with van der Waals surface area (Å²) in [5.41, 5.74) is 8.25. The maximum atomic E-state index is 13.3. The summed E-state index contributed by atoms with van der Waals surface area (Å²) in [6.45, 7) is 2.52. The van der Waals surface area contributed by atoms with Gasteiger partial charge in [-0.05, 0) is 56.5 Å². The fourth-order valence-electron chi connectivity index (χ4n) is 4.89. The van der Waals surface area contributed by atoms with Crippen LogP contribution in [0.1, 0.15) is 35.2 Å². The Bertz CT molecular complexity index is 983. The first-order chi connectivity index (χ1) is 16.4. The lowest BCUT2D eigenvalue weighted by molar-refractivity contribution is -0.134. The lowest BCUT2D eigenvalue weighted by Gasteiger charge is -2.28. The Morgan fingerprint density at radius 2 is 1.91 bits per heavy atom. The normalized spacial score (nSPS) is 24.1. The van der Waals surface area contributed by atoms with E-state index in [2.05, 4.69) is 36.2 Å². The molecule has 4 rings (SSSR count). The first kappa shape index (κ1) is 24.2. The van der Waals surface area contributed by atoms with Crippen molar-refractivity contribution in [2.45, 2.75) is 43.8 Å². The number of hydrogen-bond donors (Lipinski definition) is 1. The number of amides is 2. The van der Waals surface area contributed by atoms with Gasteiger partial charge in [0, 0.05) is 38.3 Å². The number of rotatable bonds is 4. The van der Waals surface area contributed by atoms with Crippen LogP contribution in [-0.2, 0) is 11.2 Å². The van der Waals surface area contributed by atoms with Gasteiger partial charge in [0.15, 0.2) is 0 Å². The van der Waals surface area contributed by atoms with Gasteiger partial charge in [0.05, 0.1) is 12.1 Å². The standard InChI is InChI=1S/C27H36N4O3/c1-29(15-13-20-8-4-3-5-9-20)22-17-23-19-34-24-11-6-10-21(16-24)26(32)30(2)14-7-12-25(28)27(33)31(23)18-22/h3-6,8-11,16,22-23,25H,7,12-15,17-19,28H2,1-2H3/t22-,23-,25-/m0/s1. The van der Waals surface area contributed by atoms with Crippen molar-refractivity contribution in [2.75, 3.05) is 40.3 Å². The number of nitrogens with two attached hydrogens (primary N) is 1. The highest BCUT2D eigenvalue weighted by atomic mass is 16.5. The molecule has 3 atom stereocenters. The molecule has 0 aliphatic carbocycles. The van der Waals surface area contributed by atoms with Crippen molar-refractivity contribution in [1.29, 1.82) is 0 Å². The highest BCUT2D eigenvalue weighted by molar-refractivity contribution is 5.94. The Kier molecular flexibility index (Phi) is 7.85. The van der Waals surface area contributed by atoms with E-state index in [1.165, 1.54) is 5.56 Å². The molecule has 1 fully saturated rings. The summed E-state index contributed by atoms with van der Waals surface area (Å²) < 4.78 is 6.11. The number of likely N-dealkylation sites (N-methyl/N-ethyl adjacent to an activating group) is 1. The molecule has 0 aromatic heterocycles. The number of carbonyl (C=O) groups excluding carboxylic acids is 2. The highest BCUT2D eigenvalue weighted by Gasteiger charge is 2.39. The van der Waals surface area contributed by atoms with Gasteiger partial charge < -0.3 is 25.2 Å². The third-order valence-electron chi connectivity index (χ3n) is 7.09. The Morgan fingerprint density at radius 1 is 1.12 bits per heavy atom. The van der Waals surface area contributed by atoms with Crippen LogP contribution < -0.4 is 10.5 Å². The number of nitrogens with zero attached hydrogens (tertiary/aromatic N) is 3. The Balaban J connectivity index is 1.48. The molecule has 7 heteroatoms. The predicted molar refractivity (Wildman–Crippen MR) is 133 cm³/mol. The lowest BCUT2D eigenvalue weighted by Crippen LogP contribution is -2.48. The molecule has 0 saturated carbocycles. The van der Waals surface area contributed by atoms with E-state index in [1.54, 1.807) is 18.0 Å². The largest absolute Gasteiger partial charge is 0.491 e. The molecule has 2 amide bonds. The quantitative estimate of drug-likeness (QED) is 0.752. The summed E-state index contributed by atoms with van der Waals surface area (Å²) in [5, 5.41) is 0. The average molecular weight is 465 g/mol. The second kappa shape index (κ2) is 11.0. The molecule has 0 spiro atoms. The van der Waals surface area contributed by atoms with Crippen LogP contribution in [0.3, 0.4) is 0 Å². The topological polar surface area (TPSA) is 79.1 Å². The summed E-state index contributed by atoms with van der Waals surface area (Å²) in [6, 6.07) is 17.4. The van der Waals surface area contributed by atoms with Crippen molar-refractivity contribution >= 4 is 11.8 Å². The fourth-order valence-corrected chi connectivity index (χ4v) is 4.89. The van der Waals surface area contributed by atoms with Crippen LogP contribution in [0, 0.1) is 0 Å². The third kappa shape index (κ3) is 5.77. The van der Waals surface area contributed by atoms with Crippen molar-refractivity contribution in [3.8, 4) is 5.75 Å². The van der Waals surface area contributed by atoms with Crippen molar-refractivity contribution in [1.82, 2.24) is 14.7 Å². The van der Waals surface area contributed by atoms with E-state index in [9.17, 15) is 9.59 Å². The van der Waals surface area contributed by atoms with Crippen molar-refractivity contribution in [2.24, 2.45) is 5.73 Å². The minimum absolute atomic E-state index is 0.0210. The first-order valence-corrected chi connectivity index (χ1v) is 12.2. The van der Waals surface area contributed by atoms with Crippen molar-refractivity contribution in [3.63, 3.8) is 0 Å². The molecular formula is C27H36N4O3. The molecule has 34 heavy (non-hydrogen) atoms. The number of fused-ring (bicyclic) bond motifs is 3. The van der Waals surface area contributed by atoms with Gasteiger partial charge in [0.2, 0.25) is 5.91 Å². The van der Waals surface area contributed by atoms with Gasteiger partial charge in [-0.3, -0.25) is 9.59 Å². The SMILES string of the molecule is CN1CCC[C@H](N)C(=O)N2C[C@@H](N(C)CCc3ccccc3)C[C@H]2COc2cccc(c2)C1=O. The van der Waals surface area contributed by atoms with Crippen LogP contribution in [0.4, 0.5) is 0 Å². The van der Waals surface area contributed by atoms with Crippen LogP contribution >= 0.6 is 0 Å². The molecule has 7 nitrogen and oxygen atoms in total. The molecule has 2 aromatic carbocycles. The summed E-state index contributed by atoms with van der Waals surface area (Å²) >= 11 is 0. The van der Waals surface area contributed by atoms with E-state index in [0.717, 1.165) is 19.4 Å². The summed E-state index contributed by atoms with van der Waals surface area (Å²) in [6.07, 6.45) is 3.04. The van der Waals surface area contributed by atoms with E-state index in [1.807, 2.05) is 29.2 Å². The lowest BCUT2D eigenvalue weighted by atomic mass is 10.1. The molecule has 1 saturated heterocycles. The van der Waals surface area contributed by atoms with E-state index in [0.29, 0.717) is 43.9 Å². The Hall–Kier alpha value is -2.90. The highest BCUT2D eigenvalue weighted by Crippen LogP contribution is 2.25. The van der Waals surface area contributed by atoms with Crippen LogP contribution in [-0.4, -0.2) is 85.0 Å². The van der Waals surface area contributed by atoms with Crippen LogP contribution in [0.5, 0.6) is 5.75 Å². The molecule has 2 aromatic rings. The van der Waals surface area contributed by atoms with Crippen LogP contribution in [0.2, 0.25) is 0 Å². The molecule has 2 bridgehead atoms. The Labute approximate surface area is 202 Å². The maximum Gasteiger partial charge on any atom is 0.253 e. The second-order valence-corrected chi connectivity index (χ2v) is 9.56. The van der Waals surface area contributed by atoms with Gasteiger partial charge in [-0.2, -0.15) is 0 Å². The fraction of sp³-hybridized carbons (Fsp3) is 0.481. The zero-order valence-electron chi connectivity index (χ0n) is 20.2. The summed E-state index contributed by atoms with van der Waals surface area (Å²) in [5.74, 6) is 0.575. The van der Waals surface area contributed by atoms with Crippen molar-refractivity contribution < 1.29 is 14.3 Å². The maximum absolute atomic E-state index is 13.3. The van der Waals surface area contributed by atoms with Gasteiger partial charge >= 0.3 is 0 Å². The number of ether oxygens (including phenoxy) is 1. The average Bonchev–Trinajstić information content (AvgIpc) is 3.29. The number of carbonyl (C=O) groups is 2. The summed E-state index contributed by atoms with van der Waals surface area (Å²) in [7, 11) is 3.91. The Morgan fingerprint density at radius 3 is 2.71 bits per heavy atom. The van der Waals surface area contributed by atoms with Crippen LogP contribution in [0.25, 0.3) is 0 Å². The van der Waals surface area contributed by atoms with Gasteiger partial charge in [0.25, 0.3) is 5.91 Å². The minimum atomic E-state index is -0.569. The number of hydrogen-bond acceptors (Lipinski definition) is 5. The predicted octanol–water partition coefficient (Wildman–Crippen LogP) is 2.40. The zero-order chi connectivity index (χ0) is 24.1. The van der Waals surface area contributed by atoms with E-state index in [-0.39, 0.29) is 23.9 Å². The van der Waals surface area contributed by atoms with E-state index < -0.39 is 6.04 Å². The third-order valence-corrected chi connectivity index (χ3v) is 7.09. The van der Waals surface area contributed by atoms with Gasteiger partial charge in [-0.1, -0.05) is 36.4 Å². The van der Waals surface area contributed by atoms with Gasteiger partial charge in [-0.25, -0.2) is 0 Å². The monoisotopic (exact) mass is 464 g/mol. The molecule has 0 unspecified atom stereocenters. The van der Waals surface area contributed by atoms with E-state index >= 15 is 0 Å². The van der Waals surface area contributed by atoms with Crippen LogP contribution in [0.15, 0.2) is 54.6 Å². The molecular weight excluding hydrogens is 428 g/mol. The minimum Gasteiger partial charge on any atom is -0.491 e. The first-order valence-electron chi connectivity index (χ1n) is 12.2. The van der Waals surface area contributed by atoms with Gasteiger partial charge in [-0.15, -0.1) is 0 Å². The summed E-state index contributed by atoms with van der Waals surface area (Å²) in [4.78, 5) is 32.0. The van der Waals surface area contributed by atoms with Crippen molar-refractivity contribution in [3.05, 3.63) is 65.7 Å². The molecule has 2 aliphatic heterocycles. The van der Waals surface area contributed by atoms with Gasteiger partial charge in [0.1, 0.15) is 12.4 Å². The molecule has 2 N–H and O–H groups in total. The molecule has 182 valence electrons. The molecule has 2 heterocycles. The number of benzene rings is 2. The smallest absolute Gasteiger partial charge is 0.253 e.